The first-order valence-corrected chi connectivity index (χ1v) is 4.42. The quantitative estimate of drug-likeness (QED) is 0.652. The van der Waals surface area contributed by atoms with Gasteiger partial charge in [-0.05, 0) is 19.4 Å². The summed E-state index contributed by atoms with van der Waals surface area (Å²) in [5.41, 5.74) is 0.253. The van der Waals surface area contributed by atoms with Crippen LogP contribution in [0.5, 0.6) is 0 Å². The average Bonchev–Trinajstić information content (AvgIpc) is 2.07. The van der Waals surface area contributed by atoms with Crippen LogP contribution in [0.25, 0.3) is 0 Å². The van der Waals surface area contributed by atoms with E-state index in [1.807, 2.05) is 0 Å². The molecule has 0 heterocycles. The zero-order valence-electron chi connectivity index (χ0n) is 7.43. The molecule has 0 aliphatic heterocycles. The highest BCUT2D eigenvalue weighted by Gasteiger charge is 2.22. The Kier molecular flexibility index (Phi) is 2.89. The van der Waals surface area contributed by atoms with Crippen LogP contribution < -0.4 is 5.32 Å². The molecule has 0 bridgehead atoms. The van der Waals surface area contributed by atoms with Gasteiger partial charge in [-0.15, -0.1) is 0 Å². The SMILES string of the molecule is CCNC1(CC)C=CC=CC1. The smallest absolute Gasteiger partial charge is 0.0399 e. The molecule has 1 nitrogen and oxygen atoms in total. The van der Waals surface area contributed by atoms with Crippen molar-refractivity contribution < 1.29 is 0 Å². The van der Waals surface area contributed by atoms with Crippen LogP contribution in [0.1, 0.15) is 26.7 Å². The van der Waals surface area contributed by atoms with E-state index in [2.05, 4.69) is 43.5 Å². The lowest BCUT2D eigenvalue weighted by atomic mass is 9.88. The summed E-state index contributed by atoms with van der Waals surface area (Å²) in [4.78, 5) is 0. The number of hydrogen-bond acceptors (Lipinski definition) is 1. The molecule has 0 aromatic rings. The minimum atomic E-state index is 0.253. The van der Waals surface area contributed by atoms with Crippen LogP contribution in [-0.4, -0.2) is 12.1 Å². The van der Waals surface area contributed by atoms with Gasteiger partial charge >= 0.3 is 0 Å². The number of rotatable bonds is 3. The van der Waals surface area contributed by atoms with Gasteiger partial charge in [0, 0.05) is 5.54 Å². The third-order valence-corrected chi connectivity index (χ3v) is 2.30. The van der Waals surface area contributed by atoms with Gasteiger partial charge in [-0.2, -0.15) is 0 Å². The van der Waals surface area contributed by atoms with Crippen LogP contribution in [-0.2, 0) is 0 Å². The second-order valence-corrected chi connectivity index (χ2v) is 3.03. The lowest BCUT2D eigenvalue weighted by Gasteiger charge is -2.30. The van der Waals surface area contributed by atoms with Gasteiger partial charge in [-0.25, -0.2) is 0 Å². The van der Waals surface area contributed by atoms with Gasteiger partial charge in [0.25, 0.3) is 0 Å². The molecule has 0 spiro atoms. The van der Waals surface area contributed by atoms with E-state index >= 15 is 0 Å². The Bertz CT molecular complexity index is 170. The first-order chi connectivity index (χ1) is 5.33. The highest BCUT2D eigenvalue weighted by Crippen LogP contribution is 2.20. The molecule has 1 aliphatic carbocycles. The topological polar surface area (TPSA) is 12.0 Å². The lowest BCUT2D eigenvalue weighted by molar-refractivity contribution is 0.399. The van der Waals surface area contributed by atoms with Crippen LogP contribution in [0.4, 0.5) is 0 Å². The van der Waals surface area contributed by atoms with Crippen LogP contribution >= 0.6 is 0 Å². The summed E-state index contributed by atoms with van der Waals surface area (Å²) in [5.74, 6) is 0. The molecule has 0 saturated heterocycles. The molecular weight excluding hydrogens is 134 g/mol. The van der Waals surface area contributed by atoms with Crippen molar-refractivity contribution in [3.63, 3.8) is 0 Å². The minimum Gasteiger partial charge on any atom is -0.308 e. The van der Waals surface area contributed by atoms with Crippen molar-refractivity contribution >= 4 is 0 Å². The Morgan fingerprint density at radius 3 is 2.64 bits per heavy atom. The zero-order chi connectivity index (χ0) is 8.16. The van der Waals surface area contributed by atoms with Gasteiger partial charge in [-0.3, -0.25) is 0 Å². The Morgan fingerprint density at radius 1 is 1.36 bits per heavy atom. The molecule has 0 fully saturated rings. The van der Waals surface area contributed by atoms with Crippen molar-refractivity contribution in [1.29, 1.82) is 0 Å². The van der Waals surface area contributed by atoms with E-state index in [1.165, 1.54) is 6.42 Å². The maximum atomic E-state index is 3.51. The summed E-state index contributed by atoms with van der Waals surface area (Å²) in [6, 6.07) is 0. The highest BCUT2D eigenvalue weighted by molar-refractivity contribution is 5.20. The molecule has 0 saturated carbocycles. The summed E-state index contributed by atoms with van der Waals surface area (Å²) >= 11 is 0. The van der Waals surface area contributed by atoms with Crippen molar-refractivity contribution in [2.24, 2.45) is 0 Å². The van der Waals surface area contributed by atoms with Crippen LogP contribution in [0.2, 0.25) is 0 Å². The minimum absolute atomic E-state index is 0.253. The van der Waals surface area contributed by atoms with E-state index < -0.39 is 0 Å². The van der Waals surface area contributed by atoms with E-state index in [1.54, 1.807) is 0 Å². The van der Waals surface area contributed by atoms with Crippen LogP contribution in [0.3, 0.4) is 0 Å². The first-order valence-electron chi connectivity index (χ1n) is 4.42. The van der Waals surface area contributed by atoms with Gasteiger partial charge in [0.05, 0.1) is 0 Å². The highest BCUT2D eigenvalue weighted by atomic mass is 15.0. The summed E-state index contributed by atoms with van der Waals surface area (Å²) in [6.07, 6.45) is 11.1. The molecule has 11 heavy (non-hydrogen) atoms. The Hall–Kier alpha value is -0.560. The fourth-order valence-corrected chi connectivity index (χ4v) is 1.54. The Balaban J connectivity index is 2.60. The summed E-state index contributed by atoms with van der Waals surface area (Å²) in [7, 11) is 0. The van der Waals surface area contributed by atoms with Crippen LogP contribution in [0, 0.1) is 0 Å². The van der Waals surface area contributed by atoms with Crippen molar-refractivity contribution in [3.8, 4) is 0 Å². The molecule has 0 radical (unpaired) electrons. The number of nitrogens with one attached hydrogen (secondary N) is 1. The Labute approximate surface area is 69.2 Å². The van der Waals surface area contributed by atoms with Crippen molar-refractivity contribution in [2.75, 3.05) is 6.54 Å². The first kappa shape index (κ1) is 8.54. The molecule has 1 atom stereocenters. The Morgan fingerprint density at radius 2 is 2.18 bits per heavy atom. The van der Waals surface area contributed by atoms with E-state index in [9.17, 15) is 0 Å². The summed E-state index contributed by atoms with van der Waals surface area (Å²) < 4.78 is 0. The molecule has 0 amide bonds. The molecule has 1 rings (SSSR count). The maximum Gasteiger partial charge on any atom is 0.0399 e. The fraction of sp³-hybridized carbons (Fsp3) is 0.600. The molecule has 0 aromatic heterocycles. The molecule has 1 unspecified atom stereocenters. The summed E-state index contributed by atoms with van der Waals surface area (Å²) in [6.45, 7) is 5.43. The van der Waals surface area contributed by atoms with E-state index in [0.29, 0.717) is 0 Å². The molecule has 0 aromatic carbocycles. The summed E-state index contributed by atoms with van der Waals surface area (Å²) in [5, 5.41) is 3.51. The largest absolute Gasteiger partial charge is 0.308 e. The molecule has 62 valence electrons. The molecule has 1 N–H and O–H groups in total. The van der Waals surface area contributed by atoms with Crippen LogP contribution in [0.15, 0.2) is 24.3 Å². The second-order valence-electron chi connectivity index (χ2n) is 3.03. The third-order valence-electron chi connectivity index (χ3n) is 2.30. The number of allylic oxidation sites excluding steroid dienone is 2. The predicted molar refractivity (Wildman–Crippen MR) is 49.6 cm³/mol. The van der Waals surface area contributed by atoms with E-state index in [4.69, 9.17) is 0 Å². The molecule has 1 heteroatoms. The zero-order valence-corrected chi connectivity index (χ0v) is 7.43. The standard InChI is InChI=1S/C10H17N/c1-3-10(11-4-2)8-6-5-7-9-10/h5-8,11H,3-4,9H2,1-2H3. The molecular formula is C10H17N. The van der Waals surface area contributed by atoms with Gasteiger partial charge in [0.2, 0.25) is 0 Å². The van der Waals surface area contributed by atoms with Crippen molar-refractivity contribution in [3.05, 3.63) is 24.3 Å². The number of hydrogen-bond donors (Lipinski definition) is 1. The normalized spacial score (nSPS) is 29.3. The van der Waals surface area contributed by atoms with E-state index in [0.717, 1.165) is 13.0 Å². The lowest BCUT2D eigenvalue weighted by Crippen LogP contribution is -2.42. The van der Waals surface area contributed by atoms with Gasteiger partial charge < -0.3 is 5.32 Å². The van der Waals surface area contributed by atoms with Gasteiger partial charge in [0.15, 0.2) is 0 Å². The monoisotopic (exact) mass is 151 g/mol. The number of likely N-dealkylation sites (N-methyl/N-ethyl adjacent to an activating group) is 1. The average molecular weight is 151 g/mol. The van der Waals surface area contributed by atoms with Gasteiger partial charge in [0.1, 0.15) is 0 Å². The van der Waals surface area contributed by atoms with Gasteiger partial charge in [-0.1, -0.05) is 38.2 Å². The van der Waals surface area contributed by atoms with Crippen molar-refractivity contribution in [1.82, 2.24) is 5.32 Å². The fourth-order valence-electron chi connectivity index (χ4n) is 1.54. The second kappa shape index (κ2) is 3.72. The van der Waals surface area contributed by atoms with Crippen molar-refractivity contribution in [2.45, 2.75) is 32.2 Å². The van der Waals surface area contributed by atoms with E-state index in [-0.39, 0.29) is 5.54 Å². The third kappa shape index (κ3) is 1.93. The predicted octanol–water partition coefficient (Wildman–Crippen LogP) is 2.26. The molecule has 1 aliphatic rings. The maximum absolute atomic E-state index is 3.51.